The third-order valence-corrected chi connectivity index (χ3v) is 2.52. The Balaban J connectivity index is 2.64. The first-order valence-electron chi connectivity index (χ1n) is 3.33. The number of halogens is 1. The number of hydrogen-bond donors (Lipinski definition) is 1. The van der Waals surface area contributed by atoms with Crippen molar-refractivity contribution in [2.45, 2.75) is 5.82 Å². The molecule has 0 radical (unpaired) electrons. The van der Waals surface area contributed by atoms with Crippen LogP contribution < -0.4 is 5.32 Å². The van der Waals surface area contributed by atoms with E-state index in [2.05, 4.69) is 5.32 Å². The SMILES string of the molecule is C[Se]C(=O)Nc1ccc(Cl)cc1. The Kier molecular flexibility index (Phi) is 3.60. The Morgan fingerprint density at radius 3 is 2.50 bits per heavy atom. The van der Waals surface area contributed by atoms with Gasteiger partial charge in [0.1, 0.15) is 0 Å². The molecule has 0 bridgehead atoms. The summed E-state index contributed by atoms with van der Waals surface area (Å²) in [6.07, 6.45) is 0. The fourth-order valence-electron chi connectivity index (χ4n) is 0.702. The second-order valence-electron chi connectivity index (χ2n) is 2.12. The van der Waals surface area contributed by atoms with Crippen LogP contribution in [0, 0.1) is 0 Å². The summed E-state index contributed by atoms with van der Waals surface area (Å²) in [7, 11) is 0. The van der Waals surface area contributed by atoms with Crippen LogP contribution in [0.2, 0.25) is 10.8 Å². The van der Waals surface area contributed by atoms with Crippen molar-refractivity contribution in [1.82, 2.24) is 0 Å². The Morgan fingerprint density at radius 2 is 2.00 bits per heavy atom. The van der Waals surface area contributed by atoms with Gasteiger partial charge in [-0.15, -0.1) is 0 Å². The number of hydrogen-bond acceptors (Lipinski definition) is 1. The predicted octanol–water partition coefficient (Wildman–Crippen LogP) is 2.62. The molecule has 0 spiro atoms. The van der Waals surface area contributed by atoms with Gasteiger partial charge in [-0.25, -0.2) is 0 Å². The number of anilines is 1. The molecular weight excluding hydrogens is 241 g/mol. The van der Waals surface area contributed by atoms with Gasteiger partial charge < -0.3 is 0 Å². The molecule has 1 aromatic rings. The molecule has 1 N–H and O–H groups in total. The zero-order valence-corrected chi connectivity index (χ0v) is 8.97. The molecule has 1 rings (SSSR count). The summed E-state index contributed by atoms with van der Waals surface area (Å²) in [5.41, 5.74) is 0.799. The van der Waals surface area contributed by atoms with E-state index in [0.717, 1.165) is 5.69 Å². The summed E-state index contributed by atoms with van der Waals surface area (Å²) >= 11 is 5.67. The average molecular weight is 249 g/mol. The molecule has 0 aliphatic carbocycles. The van der Waals surface area contributed by atoms with Crippen molar-refractivity contribution < 1.29 is 4.79 Å². The van der Waals surface area contributed by atoms with E-state index in [4.69, 9.17) is 11.6 Å². The third kappa shape index (κ3) is 2.86. The number of rotatable bonds is 2. The minimum atomic E-state index is -0.000361. The van der Waals surface area contributed by atoms with Gasteiger partial charge in [-0.2, -0.15) is 0 Å². The van der Waals surface area contributed by atoms with E-state index in [9.17, 15) is 4.79 Å². The molecule has 0 saturated heterocycles. The van der Waals surface area contributed by atoms with Crippen LogP contribution in [0.3, 0.4) is 0 Å². The topological polar surface area (TPSA) is 29.1 Å². The molecule has 0 aliphatic rings. The monoisotopic (exact) mass is 249 g/mol. The number of carbonyl (C=O) groups is 1. The van der Waals surface area contributed by atoms with Crippen LogP contribution in [0.25, 0.3) is 0 Å². The molecule has 1 amide bonds. The normalized spacial score (nSPS) is 9.50. The van der Waals surface area contributed by atoms with Crippen molar-refractivity contribution in [3.63, 3.8) is 0 Å². The molecule has 0 unspecified atom stereocenters. The Hall–Kier alpha value is -0.501. The van der Waals surface area contributed by atoms with E-state index in [-0.39, 0.29) is 19.8 Å². The van der Waals surface area contributed by atoms with Gasteiger partial charge in [0.25, 0.3) is 0 Å². The maximum absolute atomic E-state index is 10.9. The van der Waals surface area contributed by atoms with E-state index >= 15 is 0 Å². The molecule has 0 heterocycles. The molecule has 1 aromatic carbocycles. The van der Waals surface area contributed by atoms with Gasteiger partial charge in [0.15, 0.2) is 0 Å². The van der Waals surface area contributed by atoms with Crippen LogP contribution in [-0.2, 0) is 0 Å². The fraction of sp³-hybridized carbons (Fsp3) is 0.125. The van der Waals surface area contributed by atoms with Gasteiger partial charge in [-0.3, -0.25) is 0 Å². The van der Waals surface area contributed by atoms with Crippen LogP contribution in [0.5, 0.6) is 0 Å². The summed E-state index contributed by atoms with van der Waals surface area (Å²) in [5, 5.41) is 3.42. The molecule has 0 fully saturated rings. The first-order chi connectivity index (χ1) is 5.72. The summed E-state index contributed by atoms with van der Waals surface area (Å²) < 4.78 is 0. The molecule has 0 aliphatic heterocycles. The van der Waals surface area contributed by atoms with Crippen molar-refractivity contribution in [3.05, 3.63) is 29.3 Å². The van der Waals surface area contributed by atoms with Crippen LogP contribution in [-0.4, -0.2) is 19.8 Å². The molecule has 0 atom stereocenters. The quantitative estimate of drug-likeness (QED) is 0.801. The molecule has 4 heteroatoms. The predicted molar refractivity (Wildman–Crippen MR) is 52.1 cm³/mol. The zero-order chi connectivity index (χ0) is 8.97. The molecular formula is C8H8ClNOSe. The maximum atomic E-state index is 10.9. The van der Waals surface area contributed by atoms with Gasteiger partial charge in [0.2, 0.25) is 0 Å². The Morgan fingerprint density at radius 1 is 1.42 bits per heavy atom. The van der Waals surface area contributed by atoms with Crippen molar-refractivity contribution in [2.24, 2.45) is 0 Å². The van der Waals surface area contributed by atoms with Crippen LogP contribution in [0.4, 0.5) is 10.5 Å². The van der Waals surface area contributed by atoms with Crippen LogP contribution in [0.15, 0.2) is 24.3 Å². The first kappa shape index (κ1) is 9.59. The van der Waals surface area contributed by atoms with Gasteiger partial charge in [-0.1, -0.05) is 0 Å². The van der Waals surface area contributed by atoms with Crippen molar-refractivity contribution in [2.75, 3.05) is 5.32 Å². The van der Waals surface area contributed by atoms with Gasteiger partial charge in [-0.05, 0) is 0 Å². The molecule has 12 heavy (non-hydrogen) atoms. The summed E-state index contributed by atoms with van der Waals surface area (Å²) in [5.74, 6) is 1.87. The molecule has 64 valence electrons. The Bertz CT molecular complexity index is 273. The molecule has 0 saturated carbocycles. The van der Waals surface area contributed by atoms with E-state index in [1.54, 1.807) is 24.3 Å². The molecule has 0 aromatic heterocycles. The second kappa shape index (κ2) is 4.51. The van der Waals surface area contributed by atoms with Crippen molar-refractivity contribution in [1.29, 1.82) is 0 Å². The van der Waals surface area contributed by atoms with Gasteiger partial charge in [0.05, 0.1) is 0 Å². The first-order valence-corrected chi connectivity index (χ1v) is 6.27. The zero-order valence-electron chi connectivity index (χ0n) is 6.50. The van der Waals surface area contributed by atoms with Crippen molar-refractivity contribution in [3.8, 4) is 0 Å². The third-order valence-electron chi connectivity index (χ3n) is 1.28. The minimum absolute atomic E-state index is 0.000361. The van der Waals surface area contributed by atoms with Crippen LogP contribution in [0.1, 0.15) is 0 Å². The van der Waals surface area contributed by atoms with E-state index in [0.29, 0.717) is 5.02 Å². The van der Waals surface area contributed by atoms with Gasteiger partial charge in [0, 0.05) is 0 Å². The van der Waals surface area contributed by atoms with Crippen LogP contribution >= 0.6 is 11.6 Å². The fourth-order valence-corrected chi connectivity index (χ4v) is 1.29. The standard InChI is InChI=1S/C8H8ClNOSe/c1-12-8(11)10-7-4-2-6(9)3-5-7/h2-5H,1H3,(H,10,11). The van der Waals surface area contributed by atoms with E-state index in [1.165, 1.54) is 0 Å². The van der Waals surface area contributed by atoms with E-state index < -0.39 is 0 Å². The summed E-state index contributed by atoms with van der Waals surface area (Å²) in [6.45, 7) is 0. The van der Waals surface area contributed by atoms with Crippen molar-refractivity contribution >= 4 is 37.1 Å². The summed E-state index contributed by atoms with van der Waals surface area (Å²) in [6, 6.07) is 7.07. The Labute approximate surface area is 82.5 Å². The number of nitrogens with one attached hydrogen (secondary N) is 1. The van der Waals surface area contributed by atoms with Gasteiger partial charge >= 0.3 is 82.3 Å². The average Bonchev–Trinajstić information content (AvgIpc) is 2.09. The second-order valence-corrected chi connectivity index (χ2v) is 4.19. The number of benzene rings is 1. The number of carbonyl (C=O) groups excluding carboxylic acids is 1. The van der Waals surface area contributed by atoms with E-state index in [1.807, 2.05) is 5.82 Å². The number of amides is 1. The summed E-state index contributed by atoms with van der Waals surface area (Å²) in [4.78, 5) is 11.0. The molecule has 2 nitrogen and oxygen atoms in total.